The summed E-state index contributed by atoms with van der Waals surface area (Å²) in [7, 11) is 0. The zero-order valence-corrected chi connectivity index (χ0v) is 12.1. The summed E-state index contributed by atoms with van der Waals surface area (Å²) in [5.74, 6) is -0.703. The second kappa shape index (κ2) is 5.93. The monoisotopic (exact) mass is 356 g/mol. The first kappa shape index (κ1) is 14.4. The number of aromatic nitrogens is 2. The van der Waals surface area contributed by atoms with Gasteiger partial charge in [-0.1, -0.05) is 11.6 Å². The fourth-order valence-electron chi connectivity index (χ4n) is 1.35. The minimum absolute atomic E-state index is 0.141. The maximum atomic E-state index is 11.9. The van der Waals surface area contributed by atoms with Gasteiger partial charge in [0.15, 0.2) is 0 Å². The van der Waals surface area contributed by atoms with E-state index >= 15 is 0 Å². The van der Waals surface area contributed by atoms with Crippen LogP contribution in [-0.4, -0.2) is 20.8 Å². The van der Waals surface area contributed by atoms with E-state index < -0.39 is 10.8 Å². The van der Waals surface area contributed by atoms with Gasteiger partial charge in [-0.15, -0.1) is 0 Å². The number of halogens is 2. The molecule has 2 aromatic rings. The van der Waals surface area contributed by atoms with E-state index in [2.05, 4.69) is 31.2 Å². The predicted molar refractivity (Wildman–Crippen MR) is 75.8 cm³/mol. The average Bonchev–Trinajstić information content (AvgIpc) is 2.41. The van der Waals surface area contributed by atoms with Crippen molar-refractivity contribution in [2.45, 2.75) is 0 Å². The molecule has 0 bridgehead atoms. The molecule has 9 heteroatoms. The summed E-state index contributed by atoms with van der Waals surface area (Å²) < 4.78 is 0.440. The summed E-state index contributed by atoms with van der Waals surface area (Å²) in [6.45, 7) is 0. The van der Waals surface area contributed by atoms with Gasteiger partial charge in [-0.3, -0.25) is 14.9 Å². The van der Waals surface area contributed by atoms with Crippen LogP contribution in [-0.2, 0) is 0 Å². The van der Waals surface area contributed by atoms with Crippen molar-refractivity contribution in [2.24, 2.45) is 0 Å². The molecule has 0 aliphatic heterocycles. The molecule has 0 unspecified atom stereocenters. The second-order valence-electron chi connectivity index (χ2n) is 3.60. The normalized spacial score (nSPS) is 10.1. The quantitative estimate of drug-likeness (QED) is 0.517. The van der Waals surface area contributed by atoms with Crippen LogP contribution < -0.4 is 5.32 Å². The first-order valence-electron chi connectivity index (χ1n) is 5.20. The molecule has 1 amide bonds. The highest BCUT2D eigenvalue weighted by Crippen LogP contribution is 2.25. The molecular weight excluding hydrogens is 352 g/mol. The predicted octanol–water partition coefficient (Wildman–Crippen LogP) is 3.05. The molecule has 2 aromatic heterocycles. The molecule has 2 rings (SSSR count). The Balaban J connectivity index is 2.28. The maximum Gasteiger partial charge on any atom is 0.312 e. The summed E-state index contributed by atoms with van der Waals surface area (Å²) in [5, 5.41) is 13.5. The largest absolute Gasteiger partial charge is 0.312 e. The average molecular weight is 358 g/mol. The van der Waals surface area contributed by atoms with Crippen LogP contribution in [0.3, 0.4) is 0 Å². The lowest BCUT2D eigenvalue weighted by Gasteiger charge is -2.05. The Morgan fingerprint density at radius 2 is 2.10 bits per heavy atom. The number of pyridine rings is 2. The van der Waals surface area contributed by atoms with Crippen molar-refractivity contribution in [1.82, 2.24) is 9.97 Å². The topological polar surface area (TPSA) is 98.0 Å². The third-order valence-corrected chi connectivity index (χ3v) is 2.91. The maximum absolute atomic E-state index is 11.9. The lowest BCUT2D eigenvalue weighted by atomic mass is 10.2. The number of amides is 1. The van der Waals surface area contributed by atoms with Crippen molar-refractivity contribution < 1.29 is 9.72 Å². The molecule has 20 heavy (non-hydrogen) atoms. The molecule has 0 radical (unpaired) electrons. The smallest absolute Gasteiger partial charge is 0.301 e. The van der Waals surface area contributed by atoms with Crippen molar-refractivity contribution in [3.63, 3.8) is 0 Å². The molecule has 0 aromatic carbocycles. The zero-order chi connectivity index (χ0) is 14.7. The number of hydrogen-bond donors (Lipinski definition) is 1. The van der Waals surface area contributed by atoms with Gasteiger partial charge in [0.2, 0.25) is 5.82 Å². The van der Waals surface area contributed by atoms with E-state index in [9.17, 15) is 14.9 Å². The molecule has 0 spiro atoms. The Bertz CT molecular complexity index is 678. The van der Waals surface area contributed by atoms with E-state index in [1.54, 1.807) is 0 Å². The highest BCUT2D eigenvalue weighted by Gasteiger charge is 2.18. The number of hydrogen-bond acceptors (Lipinski definition) is 5. The third-order valence-electron chi connectivity index (χ3n) is 2.25. The van der Waals surface area contributed by atoms with Gasteiger partial charge >= 0.3 is 5.69 Å². The van der Waals surface area contributed by atoms with Crippen LogP contribution in [0.4, 0.5) is 11.5 Å². The number of carbonyl (C=O) groups is 1. The van der Waals surface area contributed by atoms with Gasteiger partial charge in [0.25, 0.3) is 5.91 Å². The van der Waals surface area contributed by atoms with Crippen LogP contribution in [0.1, 0.15) is 10.4 Å². The molecule has 0 atom stereocenters. The fourth-order valence-corrected chi connectivity index (χ4v) is 1.78. The molecule has 0 aliphatic carbocycles. The van der Waals surface area contributed by atoms with E-state index in [0.29, 0.717) is 4.47 Å². The SMILES string of the molecule is O=C(Nc1ncc(Br)cc1[N+](=O)[O-])c1ccc(Cl)nc1. The van der Waals surface area contributed by atoms with Crippen LogP contribution in [0, 0.1) is 10.1 Å². The van der Waals surface area contributed by atoms with Crippen LogP contribution in [0.15, 0.2) is 35.1 Å². The van der Waals surface area contributed by atoms with E-state index in [4.69, 9.17) is 11.6 Å². The standard InChI is InChI=1S/C11H6BrClN4O3/c12-7-3-8(17(19)20)10(15-5-7)16-11(18)6-1-2-9(13)14-4-6/h1-5H,(H,15,16,18). The Labute approximate surface area is 126 Å². The molecule has 7 nitrogen and oxygen atoms in total. The molecule has 102 valence electrons. The van der Waals surface area contributed by atoms with Gasteiger partial charge in [-0.2, -0.15) is 0 Å². The number of rotatable bonds is 3. The Morgan fingerprint density at radius 3 is 2.70 bits per heavy atom. The number of nitrogens with zero attached hydrogens (tertiary/aromatic N) is 3. The highest BCUT2D eigenvalue weighted by molar-refractivity contribution is 9.10. The Hall–Kier alpha value is -2.06. The molecule has 2 heterocycles. The summed E-state index contributed by atoms with van der Waals surface area (Å²) in [6.07, 6.45) is 2.62. The first-order valence-corrected chi connectivity index (χ1v) is 6.37. The van der Waals surface area contributed by atoms with Gasteiger partial charge in [0.1, 0.15) is 5.15 Å². The van der Waals surface area contributed by atoms with E-state index in [1.807, 2.05) is 0 Å². The first-order chi connectivity index (χ1) is 9.47. The van der Waals surface area contributed by atoms with Crippen LogP contribution in [0.2, 0.25) is 5.15 Å². The molecule has 0 aliphatic rings. The van der Waals surface area contributed by atoms with Crippen LogP contribution in [0.25, 0.3) is 0 Å². The van der Waals surface area contributed by atoms with E-state index in [0.717, 1.165) is 0 Å². The van der Waals surface area contributed by atoms with Gasteiger partial charge in [-0.25, -0.2) is 9.97 Å². The molecular formula is C11H6BrClN4O3. The molecule has 1 N–H and O–H groups in total. The summed E-state index contributed by atoms with van der Waals surface area (Å²) in [5.41, 5.74) is -0.0944. The number of nitro groups is 1. The van der Waals surface area contributed by atoms with Crippen LogP contribution in [0.5, 0.6) is 0 Å². The summed E-state index contributed by atoms with van der Waals surface area (Å²) in [6, 6.07) is 4.15. The summed E-state index contributed by atoms with van der Waals surface area (Å²) in [4.78, 5) is 29.8. The molecule has 0 fully saturated rings. The molecule has 0 saturated heterocycles. The van der Waals surface area contributed by atoms with Crippen molar-refractivity contribution in [2.75, 3.05) is 5.32 Å². The zero-order valence-electron chi connectivity index (χ0n) is 9.71. The van der Waals surface area contributed by atoms with Crippen molar-refractivity contribution in [1.29, 1.82) is 0 Å². The lowest BCUT2D eigenvalue weighted by Crippen LogP contribution is -2.14. The van der Waals surface area contributed by atoms with Crippen molar-refractivity contribution >= 4 is 44.9 Å². The van der Waals surface area contributed by atoms with E-state index in [-0.39, 0.29) is 22.2 Å². The van der Waals surface area contributed by atoms with Gasteiger partial charge < -0.3 is 5.32 Å². The van der Waals surface area contributed by atoms with Crippen molar-refractivity contribution in [3.8, 4) is 0 Å². The minimum Gasteiger partial charge on any atom is -0.301 e. The van der Waals surface area contributed by atoms with Gasteiger partial charge in [0.05, 0.1) is 10.5 Å². The van der Waals surface area contributed by atoms with Crippen molar-refractivity contribution in [3.05, 3.63) is 55.9 Å². The fraction of sp³-hybridized carbons (Fsp3) is 0. The Morgan fingerprint density at radius 1 is 1.35 bits per heavy atom. The number of carbonyl (C=O) groups excluding carboxylic acids is 1. The summed E-state index contributed by atoms with van der Waals surface area (Å²) >= 11 is 8.69. The third kappa shape index (κ3) is 3.28. The minimum atomic E-state index is -0.631. The second-order valence-corrected chi connectivity index (χ2v) is 4.91. The number of anilines is 1. The molecule has 0 saturated carbocycles. The van der Waals surface area contributed by atoms with Crippen LogP contribution >= 0.6 is 27.5 Å². The highest BCUT2D eigenvalue weighted by atomic mass is 79.9. The van der Waals surface area contributed by atoms with Gasteiger partial charge in [-0.05, 0) is 28.1 Å². The van der Waals surface area contributed by atoms with E-state index in [1.165, 1.54) is 30.6 Å². The Kier molecular flexibility index (Phi) is 4.26. The number of nitrogens with one attached hydrogen (secondary N) is 1. The lowest BCUT2D eigenvalue weighted by molar-refractivity contribution is -0.384. The van der Waals surface area contributed by atoms with Gasteiger partial charge in [0, 0.05) is 22.9 Å².